The molecule has 0 aromatic carbocycles. The van der Waals surface area contributed by atoms with E-state index in [1.165, 1.54) is 12.8 Å². The Hall–Kier alpha value is -1.89. The van der Waals surface area contributed by atoms with E-state index in [4.69, 9.17) is 5.84 Å². The van der Waals surface area contributed by atoms with Gasteiger partial charge in [0.2, 0.25) is 5.95 Å². The summed E-state index contributed by atoms with van der Waals surface area (Å²) < 4.78 is 0. The third-order valence-corrected chi connectivity index (χ3v) is 3.57. The van der Waals surface area contributed by atoms with Crippen molar-refractivity contribution in [1.82, 2.24) is 20.2 Å². The summed E-state index contributed by atoms with van der Waals surface area (Å²) in [5.74, 6) is 6.55. The van der Waals surface area contributed by atoms with E-state index in [-0.39, 0.29) is 5.54 Å². The maximum absolute atomic E-state index is 5.38. The first kappa shape index (κ1) is 11.2. The number of hydrogen-bond acceptors (Lipinski definition) is 6. The van der Waals surface area contributed by atoms with E-state index in [0.29, 0.717) is 11.6 Å². The molecule has 18 heavy (non-hydrogen) atoms. The summed E-state index contributed by atoms with van der Waals surface area (Å²) in [5, 5.41) is 11.2. The predicted molar refractivity (Wildman–Crippen MR) is 70.0 cm³/mol. The van der Waals surface area contributed by atoms with Crippen molar-refractivity contribution in [3.8, 4) is 0 Å². The molecule has 7 nitrogen and oxygen atoms in total. The number of anilines is 2. The van der Waals surface area contributed by atoms with E-state index in [9.17, 15) is 0 Å². The average Bonchev–Trinajstić information content (AvgIpc) is 2.97. The third-order valence-electron chi connectivity index (χ3n) is 3.57. The Kier molecular flexibility index (Phi) is 2.55. The van der Waals surface area contributed by atoms with Gasteiger partial charge in [0.05, 0.1) is 11.6 Å². The van der Waals surface area contributed by atoms with Gasteiger partial charge in [0.15, 0.2) is 5.65 Å². The second-order valence-electron chi connectivity index (χ2n) is 5.07. The van der Waals surface area contributed by atoms with Crippen molar-refractivity contribution >= 4 is 22.8 Å². The van der Waals surface area contributed by atoms with Crippen LogP contribution in [0.2, 0.25) is 0 Å². The number of nitrogens with one attached hydrogen (secondary N) is 3. The largest absolute Gasteiger partial charge is 0.364 e. The van der Waals surface area contributed by atoms with Crippen molar-refractivity contribution in [1.29, 1.82) is 0 Å². The lowest BCUT2D eigenvalue weighted by atomic mass is 10.0. The molecule has 3 rings (SSSR count). The van der Waals surface area contributed by atoms with Crippen LogP contribution in [0, 0.1) is 0 Å². The number of hydrogen-bond donors (Lipinski definition) is 4. The first-order valence-electron chi connectivity index (χ1n) is 6.16. The zero-order chi connectivity index (χ0) is 12.6. The number of rotatable bonds is 3. The van der Waals surface area contributed by atoms with Crippen LogP contribution in [0.4, 0.5) is 11.8 Å². The van der Waals surface area contributed by atoms with Crippen molar-refractivity contribution in [3.63, 3.8) is 0 Å². The van der Waals surface area contributed by atoms with Crippen LogP contribution in [0.1, 0.15) is 32.6 Å². The van der Waals surface area contributed by atoms with Gasteiger partial charge in [-0.15, -0.1) is 0 Å². The summed E-state index contributed by atoms with van der Waals surface area (Å²) >= 11 is 0. The number of aromatic amines is 1. The van der Waals surface area contributed by atoms with Gasteiger partial charge in [-0.25, -0.2) is 5.84 Å². The number of nitrogens with two attached hydrogens (primary N) is 1. The molecule has 0 bridgehead atoms. The molecule has 0 saturated heterocycles. The lowest BCUT2D eigenvalue weighted by Gasteiger charge is -2.26. The summed E-state index contributed by atoms with van der Waals surface area (Å²) in [6.07, 6.45) is 6.55. The van der Waals surface area contributed by atoms with Crippen molar-refractivity contribution in [2.24, 2.45) is 5.84 Å². The molecule has 0 radical (unpaired) electrons. The van der Waals surface area contributed by atoms with Crippen LogP contribution in [0.25, 0.3) is 11.0 Å². The molecule has 0 aliphatic heterocycles. The van der Waals surface area contributed by atoms with Gasteiger partial charge >= 0.3 is 0 Å². The van der Waals surface area contributed by atoms with E-state index in [2.05, 4.69) is 37.8 Å². The van der Waals surface area contributed by atoms with Gasteiger partial charge in [-0.3, -0.25) is 10.5 Å². The summed E-state index contributed by atoms with van der Waals surface area (Å²) in [5.41, 5.74) is 3.26. The Morgan fingerprint density at radius 3 is 2.83 bits per heavy atom. The van der Waals surface area contributed by atoms with Crippen LogP contribution in [-0.4, -0.2) is 25.7 Å². The Labute approximate surface area is 105 Å². The Bertz CT molecular complexity index is 556. The molecule has 0 unspecified atom stereocenters. The molecule has 1 saturated carbocycles. The number of hydrazine groups is 1. The van der Waals surface area contributed by atoms with Crippen LogP contribution in [-0.2, 0) is 0 Å². The number of H-pyrrole nitrogens is 1. The number of fused-ring (bicyclic) bond motifs is 1. The molecule has 0 spiro atoms. The van der Waals surface area contributed by atoms with Crippen LogP contribution < -0.4 is 16.6 Å². The van der Waals surface area contributed by atoms with E-state index in [0.717, 1.165) is 24.0 Å². The number of aromatic nitrogens is 4. The summed E-state index contributed by atoms with van der Waals surface area (Å²) in [4.78, 5) is 8.59. The quantitative estimate of drug-likeness (QED) is 0.482. The van der Waals surface area contributed by atoms with Gasteiger partial charge in [-0.1, -0.05) is 12.8 Å². The van der Waals surface area contributed by atoms with E-state index in [1.54, 1.807) is 6.20 Å². The SMILES string of the molecule is CC1(Nc2nc(NN)nc3[nH]ncc23)CCCC1. The summed E-state index contributed by atoms with van der Waals surface area (Å²) in [6.45, 7) is 2.23. The van der Waals surface area contributed by atoms with Crippen molar-refractivity contribution in [3.05, 3.63) is 6.20 Å². The van der Waals surface area contributed by atoms with Crippen LogP contribution in [0.5, 0.6) is 0 Å². The Balaban J connectivity index is 2.01. The second-order valence-corrected chi connectivity index (χ2v) is 5.07. The standard InChI is InChI=1S/C11H17N7/c1-11(4-2-3-5-11)16-8-7-6-13-18-9(7)15-10(14-8)17-12/h6H,2-5,12H2,1H3,(H3,13,14,15,16,17,18). The minimum atomic E-state index is 0.102. The molecule has 0 amide bonds. The number of nitrogens with zero attached hydrogens (tertiary/aromatic N) is 3. The molecular formula is C11H17N7. The molecule has 96 valence electrons. The third kappa shape index (κ3) is 1.86. The van der Waals surface area contributed by atoms with Gasteiger partial charge in [0.25, 0.3) is 0 Å². The molecule has 1 aliphatic rings. The molecule has 1 aliphatic carbocycles. The minimum absolute atomic E-state index is 0.102. The number of nitrogen functional groups attached to an aromatic ring is 1. The highest BCUT2D eigenvalue weighted by Crippen LogP contribution is 2.33. The molecule has 0 atom stereocenters. The topological polar surface area (TPSA) is 105 Å². The van der Waals surface area contributed by atoms with E-state index < -0.39 is 0 Å². The molecule has 1 fully saturated rings. The predicted octanol–water partition coefficient (Wildman–Crippen LogP) is 1.38. The second kappa shape index (κ2) is 4.09. The highest BCUT2D eigenvalue weighted by Gasteiger charge is 2.29. The first-order valence-corrected chi connectivity index (χ1v) is 6.16. The fourth-order valence-electron chi connectivity index (χ4n) is 2.56. The molecular weight excluding hydrogens is 230 g/mol. The van der Waals surface area contributed by atoms with Gasteiger partial charge in [-0.2, -0.15) is 15.1 Å². The smallest absolute Gasteiger partial charge is 0.241 e. The van der Waals surface area contributed by atoms with Crippen LogP contribution in [0.3, 0.4) is 0 Å². The monoisotopic (exact) mass is 247 g/mol. The zero-order valence-corrected chi connectivity index (χ0v) is 10.3. The molecule has 7 heteroatoms. The Morgan fingerprint density at radius 1 is 1.33 bits per heavy atom. The van der Waals surface area contributed by atoms with Crippen LogP contribution >= 0.6 is 0 Å². The van der Waals surface area contributed by atoms with E-state index in [1.807, 2.05) is 0 Å². The minimum Gasteiger partial charge on any atom is -0.364 e. The van der Waals surface area contributed by atoms with Gasteiger partial charge in [-0.05, 0) is 19.8 Å². The van der Waals surface area contributed by atoms with Crippen molar-refractivity contribution in [2.45, 2.75) is 38.1 Å². The highest BCUT2D eigenvalue weighted by atomic mass is 15.3. The lowest BCUT2D eigenvalue weighted by Crippen LogP contribution is -2.31. The molecule has 2 heterocycles. The van der Waals surface area contributed by atoms with Gasteiger partial charge in [0, 0.05) is 5.54 Å². The first-order chi connectivity index (χ1) is 8.70. The fourth-order valence-corrected chi connectivity index (χ4v) is 2.56. The molecule has 2 aromatic rings. The lowest BCUT2D eigenvalue weighted by molar-refractivity contribution is 0.532. The Morgan fingerprint density at radius 2 is 2.11 bits per heavy atom. The van der Waals surface area contributed by atoms with E-state index >= 15 is 0 Å². The van der Waals surface area contributed by atoms with Crippen molar-refractivity contribution in [2.75, 3.05) is 10.7 Å². The maximum Gasteiger partial charge on any atom is 0.241 e. The highest BCUT2D eigenvalue weighted by molar-refractivity contribution is 5.87. The van der Waals surface area contributed by atoms with Crippen LogP contribution in [0.15, 0.2) is 6.20 Å². The maximum atomic E-state index is 5.38. The zero-order valence-electron chi connectivity index (χ0n) is 10.3. The summed E-state index contributed by atoms with van der Waals surface area (Å²) in [6, 6.07) is 0. The molecule has 5 N–H and O–H groups in total. The normalized spacial score (nSPS) is 18.1. The fraction of sp³-hybridized carbons (Fsp3) is 0.545. The average molecular weight is 247 g/mol. The van der Waals surface area contributed by atoms with Gasteiger partial charge in [0.1, 0.15) is 5.82 Å². The van der Waals surface area contributed by atoms with Gasteiger partial charge < -0.3 is 5.32 Å². The van der Waals surface area contributed by atoms with Crippen molar-refractivity contribution < 1.29 is 0 Å². The summed E-state index contributed by atoms with van der Waals surface area (Å²) in [7, 11) is 0. The molecule has 2 aromatic heterocycles.